The predicted octanol–water partition coefficient (Wildman–Crippen LogP) is 2.98. The Bertz CT molecular complexity index is 681. The van der Waals surface area contributed by atoms with Gasteiger partial charge in [-0.25, -0.2) is 0 Å². The molecule has 106 valence electrons. The fraction of sp³-hybridized carbons (Fsp3) is 0.167. The number of hydrogen-bond acceptors (Lipinski definition) is 2. The molecular weight excluding hydrogens is 262 g/mol. The van der Waals surface area contributed by atoms with Crippen molar-refractivity contribution in [3.63, 3.8) is 0 Å². The second-order valence-corrected chi connectivity index (χ2v) is 4.63. The van der Waals surface area contributed by atoms with Crippen molar-refractivity contribution >= 4 is 11.6 Å². The molecule has 0 bridgehead atoms. The maximum atomic E-state index is 12.3. The van der Waals surface area contributed by atoms with E-state index in [4.69, 9.17) is 5.11 Å². The van der Waals surface area contributed by atoms with E-state index in [1.54, 1.807) is 6.07 Å². The fourth-order valence-corrected chi connectivity index (χ4v) is 1.88. The smallest absolute Gasteiger partial charge is 0.255 e. The number of hydrogen-bond donors (Lipinski definition) is 2. The molecule has 0 atom stereocenters. The first-order valence-corrected chi connectivity index (χ1v) is 6.77. The van der Waals surface area contributed by atoms with Crippen LogP contribution in [0.5, 0.6) is 0 Å². The Morgan fingerprint density at radius 2 is 1.95 bits per heavy atom. The van der Waals surface area contributed by atoms with Gasteiger partial charge in [-0.2, -0.15) is 0 Å². The van der Waals surface area contributed by atoms with Crippen molar-refractivity contribution < 1.29 is 9.90 Å². The van der Waals surface area contributed by atoms with E-state index in [0.717, 1.165) is 16.8 Å². The third-order valence-corrected chi connectivity index (χ3v) is 2.98. The molecule has 2 rings (SSSR count). The van der Waals surface area contributed by atoms with E-state index in [-0.39, 0.29) is 12.5 Å². The maximum absolute atomic E-state index is 12.3. The highest BCUT2D eigenvalue weighted by Crippen LogP contribution is 2.14. The molecule has 3 heteroatoms. The van der Waals surface area contributed by atoms with Crippen LogP contribution in [0.3, 0.4) is 0 Å². The zero-order chi connectivity index (χ0) is 15.1. The average Bonchev–Trinajstić information content (AvgIpc) is 2.50. The quantitative estimate of drug-likeness (QED) is 0.849. The van der Waals surface area contributed by atoms with Crippen LogP contribution >= 0.6 is 0 Å². The van der Waals surface area contributed by atoms with E-state index in [0.29, 0.717) is 12.0 Å². The van der Waals surface area contributed by atoms with Gasteiger partial charge in [0.05, 0.1) is 6.61 Å². The number of para-hydroxylation sites is 1. The molecule has 0 unspecified atom stereocenters. The lowest BCUT2D eigenvalue weighted by molar-refractivity contribution is 0.102. The molecule has 0 fully saturated rings. The number of rotatable bonds is 3. The second kappa shape index (κ2) is 7.28. The topological polar surface area (TPSA) is 49.3 Å². The fourth-order valence-electron chi connectivity index (χ4n) is 1.88. The van der Waals surface area contributed by atoms with Crippen LogP contribution in [0.25, 0.3) is 0 Å². The van der Waals surface area contributed by atoms with Gasteiger partial charge in [-0.3, -0.25) is 4.79 Å². The molecule has 0 radical (unpaired) electrons. The number of anilines is 1. The SMILES string of the molecule is Cc1ccc(C#CCCO)cc1C(=O)Nc1ccccc1. The summed E-state index contributed by atoms with van der Waals surface area (Å²) in [7, 11) is 0. The largest absolute Gasteiger partial charge is 0.395 e. The second-order valence-electron chi connectivity index (χ2n) is 4.63. The summed E-state index contributed by atoms with van der Waals surface area (Å²) in [6.45, 7) is 1.94. The Kier molecular flexibility index (Phi) is 5.14. The Morgan fingerprint density at radius 3 is 2.67 bits per heavy atom. The molecule has 3 nitrogen and oxygen atoms in total. The van der Waals surface area contributed by atoms with Crippen LogP contribution in [0.2, 0.25) is 0 Å². The summed E-state index contributed by atoms with van der Waals surface area (Å²) < 4.78 is 0. The molecule has 0 saturated heterocycles. The molecule has 2 N–H and O–H groups in total. The molecular formula is C18H17NO2. The summed E-state index contributed by atoms with van der Waals surface area (Å²) in [4.78, 5) is 12.3. The minimum Gasteiger partial charge on any atom is -0.395 e. The van der Waals surface area contributed by atoms with Crippen LogP contribution in [0.4, 0.5) is 5.69 Å². The number of carbonyl (C=O) groups is 1. The van der Waals surface area contributed by atoms with E-state index in [1.807, 2.05) is 49.4 Å². The number of aryl methyl sites for hydroxylation is 1. The lowest BCUT2D eigenvalue weighted by Crippen LogP contribution is -2.13. The summed E-state index contributed by atoms with van der Waals surface area (Å²) in [5.74, 6) is 5.65. The molecule has 1 amide bonds. The van der Waals surface area contributed by atoms with Gasteiger partial charge in [0, 0.05) is 23.2 Å². The highest BCUT2D eigenvalue weighted by atomic mass is 16.2. The molecule has 0 aromatic heterocycles. The van der Waals surface area contributed by atoms with E-state index >= 15 is 0 Å². The van der Waals surface area contributed by atoms with Crippen LogP contribution in [-0.2, 0) is 0 Å². The average molecular weight is 279 g/mol. The van der Waals surface area contributed by atoms with Gasteiger partial charge in [0.15, 0.2) is 0 Å². The molecule has 2 aromatic rings. The van der Waals surface area contributed by atoms with E-state index in [1.165, 1.54) is 0 Å². The van der Waals surface area contributed by atoms with E-state index < -0.39 is 0 Å². The standard InChI is InChI=1S/C18H17NO2/c1-14-10-11-15(7-5-6-12-20)13-17(14)18(21)19-16-8-3-2-4-9-16/h2-4,8-11,13,20H,6,12H2,1H3,(H,19,21). The van der Waals surface area contributed by atoms with Crippen molar-refractivity contribution in [1.29, 1.82) is 0 Å². The summed E-state index contributed by atoms with van der Waals surface area (Å²) in [6, 6.07) is 14.9. The third kappa shape index (κ3) is 4.20. The van der Waals surface area contributed by atoms with Crippen LogP contribution in [0, 0.1) is 18.8 Å². The minimum absolute atomic E-state index is 0.0419. The van der Waals surface area contributed by atoms with E-state index in [2.05, 4.69) is 17.2 Å². The molecule has 0 saturated carbocycles. The van der Waals surface area contributed by atoms with Crippen LogP contribution in [0.1, 0.15) is 27.9 Å². The number of nitrogens with one attached hydrogen (secondary N) is 1. The molecule has 0 aliphatic carbocycles. The van der Waals surface area contributed by atoms with Crippen molar-refractivity contribution in [2.75, 3.05) is 11.9 Å². The van der Waals surface area contributed by atoms with Crippen LogP contribution in [-0.4, -0.2) is 17.6 Å². The van der Waals surface area contributed by atoms with Crippen molar-refractivity contribution in [1.82, 2.24) is 0 Å². The van der Waals surface area contributed by atoms with Gasteiger partial charge in [0.25, 0.3) is 5.91 Å². The van der Waals surface area contributed by atoms with Gasteiger partial charge in [0.2, 0.25) is 0 Å². The number of aliphatic hydroxyl groups excluding tert-OH is 1. The van der Waals surface area contributed by atoms with Crippen molar-refractivity contribution in [2.24, 2.45) is 0 Å². The van der Waals surface area contributed by atoms with Crippen LogP contribution < -0.4 is 5.32 Å². The lowest BCUT2D eigenvalue weighted by atomic mass is 10.0. The highest BCUT2D eigenvalue weighted by Gasteiger charge is 2.09. The zero-order valence-corrected chi connectivity index (χ0v) is 11.9. The van der Waals surface area contributed by atoms with Gasteiger partial charge >= 0.3 is 0 Å². The first-order valence-electron chi connectivity index (χ1n) is 6.77. The molecule has 21 heavy (non-hydrogen) atoms. The summed E-state index contributed by atoms with van der Waals surface area (Å²) in [5, 5.41) is 11.6. The number of carbonyl (C=O) groups excluding carboxylic acids is 1. The summed E-state index contributed by atoms with van der Waals surface area (Å²) in [5.41, 5.74) is 3.04. The number of aliphatic hydroxyl groups is 1. The van der Waals surface area contributed by atoms with Crippen molar-refractivity contribution in [2.45, 2.75) is 13.3 Å². The molecule has 0 spiro atoms. The Balaban J connectivity index is 2.20. The minimum atomic E-state index is -0.149. The first kappa shape index (κ1) is 14.8. The predicted molar refractivity (Wildman–Crippen MR) is 84.2 cm³/mol. The lowest BCUT2D eigenvalue weighted by Gasteiger charge is -2.08. The molecule has 0 aliphatic heterocycles. The number of amides is 1. The highest BCUT2D eigenvalue weighted by molar-refractivity contribution is 6.05. The normalized spacial score (nSPS) is 9.62. The van der Waals surface area contributed by atoms with Crippen molar-refractivity contribution in [3.05, 3.63) is 65.2 Å². The molecule has 0 heterocycles. The monoisotopic (exact) mass is 279 g/mol. The van der Waals surface area contributed by atoms with Crippen LogP contribution in [0.15, 0.2) is 48.5 Å². The summed E-state index contributed by atoms with van der Waals surface area (Å²) >= 11 is 0. The number of benzene rings is 2. The first-order chi connectivity index (χ1) is 10.2. The van der Waals surface area contributed by atoms with Gasteiger partial charge in [-0.05, 0) is 36.8 Å². The zero-order valence-electron chi connectivity index (χ0n) is 11.9. The molecule has 0 aliphatic rings. The van der Waals surface area contributed by atoms with Gasteiger partial charge in [0.1, 0.15) is 0 Å². The van der Waals surface area contributed by atoms with Gasteiger partial charge < -0.3 is 10.4 Å². The summed E-state index contributed by atoms with van der Waals surface area (Å²) in [6.07, 6.45) is 0.430. The Labute approximate surface area is 124 Å². The third-order valence-electron chi connectivity index (χ3n) is 2.98. The Hall–Kier alpha value is -2.57. The molecule has 2 aromatic carbocycles. The van der Waals surface area contributed by atoms with Gasteiger partial charge in [-0.1, -0.05) is 36.1 Å². The maximum Gasteiger partial charge on any atom is 0.255 e. The van der Waals surface area contributed by atoms with E-state index in [9.17, 15) is 4.79 Å². The van der Waals surface area contributed by atoms with Crippen molar-refractivity contribution in [3.8, 4) is 11.8 Å². The van der Waals surface area contributed by atoms with Gasteiger partial charge in [-0.15, -0.1) is 0 Å². The Morgan fingerprint density at radius 1 is 1.19 bits per heavy atom.